The maximum Gasteiger partial charge on any atom is 0.236 e. The summed E-state index contributed by atoms with van der Waals surface area (Å²) in [6.07, 6.45) is -0.677. The lowest BCUT2D eigenvalue weighted by atomic mass is 10.1. The van der Waals surface area contributed by atoms with Gasteiger partial charge in [-0.1, -0.05) is 12.1 Å². The molecule has 0 heterocycles. The first-order valence-corrected chi connectivity index (χ1v) is 6.52. The van der Waals surface area contributed by atoms with Crippen molar-refractivity contribution in [2.75, 3.05) is 18.9 Å². The monoisotopic (exact) mass is 304 g/mol. The van der Waals surface area contributed by atoms with Gasteiger partial charge in [0.15, 0.2) is 0 Å². The van der Waals surface area contributed by atoms with E-state index >= 15 is 0 Å². The van der Waals surface area contributed by atoms with Gasteiger partial charge in [0.1, 0.15) is 23.7 Å². The highest BCUT2D eigenvalue weighted by Gasteiger charge is 2.16. The minimum atomic E-state index is -0.677. The summed E-state index contributed by atoms with van der Waals surface area (Å²) in [5, 5.41) is 5.17. The maximum absolute atomic E-state index is 11.3. The fourth-order valence-electron chi connectivity index (χ4n) is 1.40. The Morgan fingerprint density at radius 1 is 1.11 bits per heavy atom. The summed E-state index contributed by atoms with van der Waals surface area (Å²) in [5.74, 6) is -0.489. The van der Waals surface area contributed by atoms with Gasteiger partial charge in [-0.15, -0.1) is 23.2 Å². The van der Waals surface area contributed by atoms with Crippen LogP contribution in [0.15, 0.2) is 24.3 Å². The largest absolute Gasteiger partial charge is 0.497 e. The van der Waals surface area contributed by atoms with Crippen molar-refractivity contribution >= 4 is 35.0 Å². The van der Waals surface area contributed by atoms with Gasteiger partial charge in [0.2, 0.25) is 11.8 Å². The molecule has 1 aromatic rings. The molecule has 0 atom stereocenters. The summed E-state index contributed by atoms with van der Waals surface area (Å²) in [6.45, 7) is 0. The fourth-order valence-corrected chi connectivity index (χ4v) is 1.55. The molecule has 2 N–H and O–H groups in total. The Morgan fingerprint density at radius 2 is 1.58 bits per heavy atom. The maximum atomic E-state index is 11.3. The molecule has 1 aromatic carbocycles. The first-order chi connectivity index (χ1) is 9.10. The van der Waals surface area contributed by atoms with Gasteiger partial charge in [-0.3, -0.25) is 9.59 Å². The summed E-state index contributed by atoms with van der Waals surface area (Å²) in [7, 11) is 1.55. The van der Waals surface area contributed by atoms with Gasteiger partial charge in [-0.05, 0) is 17.7 Å². The van der Waals surface area contributed by atoms with Crippen LogP contribution in [-0.4, -0.2) is 30.7 Å². The van der Waals surface area contributed by atoms with Crippen molar-refractivity contribution in [1.82, 2.24) is 10.6 Å². The van der Waals surface area contributed by atoms with Gasteiger partial charge in [-0.2, -0.15) is 0 Å². The molecule has 0 saturated carbocycles. The standard InChI is InChI=1S/C12H14Cl2N2O3/c1-19-9-4-2-8(3-5-9)12(15-10(17)6-13)16-11(18)7-14/h2-5,12H,6-7H2,1H3,(H,15,17)(H,16,18). The van der Waals surface area contributed by atoms with E-state index < -0.39 is 18.0 Å². The van der Waals surface area contributed by atoms with E-state index in [-0.39, 0.29) is 11.8 Å². The van der Waals surface area contributed by atoms with E-state index in [2.05, 4.69) is 10.6 Å². The summed E-state index contributed by atoms with van der Waals surface area (Å²) in [6, 6.07) is 6.91. The second-order valence-electron chi connectivity index (χ2n) is 3.61. The zero-order valence-corrected chi connectivity index (χ0v) is 11.8. The van der Waals surface area contributed by atoms with Crippen molar-refractivity contribution in [3.05, 3.63) is 29.8 Å². The van der Waals surface area contributed by atoms with Crippen molar-refractivity contribution in [2.24, 2.45) is 0 Å². The molecule has 1 rings (SSSR count). The third-order valence-corrected chi connectivity index (χ3v) is 2.79. The van der Waals surface area contributed by atoms with Crippen LogP contribution in [0.1, 0.15) is 11.7 Å². The molecule has 0 aliphatic heterocycles. The van der Waals surface area contributed by atoms with Crippen LogP contribution < -0.4 is 15.4 Å². The number of benzene rings is 1. The Balaban J connectivity index is 2.86. The van der Waals surface area contributed by atoms with E-state index in [1.165, 1.54) is 0 Å². The molecule has 5 nitrogen and oxygen atoms in total. The molecule has 0 spiro atoms. The summed E-state index contributed by atoms with van der Waals surface area (Å²) >= 11 is 10.9. The van der Waals surface area contributed by atoms with Crippen molar-refractivity contribution in [1.29, 1.82) is 0 Å². The molecule has 0 bridgehead atoms. The molecule has 0 radical (unpaired) electrons. The van der Waals surface area contributed by atoms with Gasteiger partial charge in [0, 0.05) is 0 Å². The number of rotatable bonds is 6. The number of carbonyl (C=O) groups is 2. The normalized spacial score (nSPS) is 10.1. The summed E-state index contributed by atoms with van der Waals surface area (Å²) < 4.78 is 5.04. The highest BCUT2D eigenvalue weighted by Crippen LogP contribution is 2.16. The number of hydrogen-bond acceptors (Lipinski definition) is 3. The van der Waals surface area contributed by atoms with E-state index in [9.17, 15) is 9.59 Å². The molecule has 0 unspecified atom stereocenters. The minimum absolute atomic E-state index is 0.191. The van der Waals surface area contributed by atoms with Gasteiger partial charge < -0.3 is 15.4 Å². The highest BCUT2D eigenvalue weighted by atomic mass is 35.5. The SMILES string of the molecule is COc1ccc(C(NC(=O)CCl)NC(=O)CCl)cc1. The number of amides is 2. The number of alkyl halides is 2. The van der Waals surface area contributed by atoms with Gasteiger partial charge in [-0.25, -0.2) is 0 Å². The van der Waals surface area contributed by atoms with Crippen molar-refractivity contribution in [3.8, 4) is 5.75 Å². The first-order valence-electron chi connectivity index (χ1n) is 5.45. The minimum Gasteiger partial charge on any atom is -0.497 e. The number of nitrogens with one attached hydrogen (secondary N) is 2. The molecule has 7 heteroatoms. The molecule has 0 saturated heterocycles. The number of halogens is 2. The van der Waals surface area contributed by atoms with E-state index in [0.717, 1.165) is 0 Å². The second kappa shape index (κ2) is 7.86. The van der Waals surface area contributed by atoms with Gasteiger partial charge in [0.25, 0.3) is 0 Å². The van der Waals surface area contributed by atoms with E-state index in [1.54, 1.807) is 31.4 Å². The predicted molar refractivity (Wildman–Crippen MR) is 73.5 cm³/mol. The molecule has 2 amide bonds. The van der Waals surface area contributed by atoms with Crippen LogP contribution in [0, 0.1) is 0 Å². The Hall–Kier alpha value is -1.46. The number of ether oxygens (including phenoxy) is 1. The van der Waals surface area contributed by atoms with Crippen LogP contribution in [-0.2, 0) is 9.59 Å². The Bertz CT molecular complexity index is 419. The van der Waals surface area contributed by atoms with Crippen LogP contribution >= 0.6 is 23.2 Å². The Labute approximate surface area is 121 Å². The molecular weight excluding hydrogens is 291 g/mol. The highest BCUT2D eigenvalue weighted by molar-refractivity contribution is 6.27. The smallest absolute Gasteiger partial charge is 0.236 e. The van der Waals surface area contributed by atoms with Crippen LogP contribution in [0.5, 0.6) is 5.75 Å². The lowest BCUT2D eigenvalue weighted by Crippen LogP contribution is -2.42. The average molecular weight is 305 g/mol. The molecule has 104 valence electrons. The van der Waals surface area contributed by atoms with E-state index in [4.69, 9.17) is 27.9 Å². The fraction of sp³-hybridized carbons (Fsp3) is 0.333. The quantitative estimate of drug-likeness (QED) is 0.617. The molecule has 19 heavy (non-hydrogen) atoms. The van der Waals surface area contributed by atoms with Gasteiger partial charge >= 0.3 is 0 Å². The van der Waals surface area contributed by atoms with Gasteiger partial charge in [0.05, 0.1) is 7.11 Å². The molecule has 0 aromatic heterocycles. The van der Waals surface area contributed by atoms with Crippen LogP contribution in [0.25, 0.3) is 0 Å². The van der Waals surface area contributed by atoms with E-state index in [0.29, 0.717) is 11.3 Å². The molecule has 0 aliphatic rings. The van der Waals surface area contributed by atoms with Crippen LogP contribution in [0.2, 0.25) is 0 Å². The zero-order chi connectivity index (χ0) is 14.3. The topological polar surface area (TPSA) is 67.4 Å². The van der Waals surface area contributed by atoms with Crippen LogP contribution in [0.4, 0.5) is 0 Å². The Kier molecular flexibility index (Phi) is 6.45. The summed E-state index contributed by atoms with van der Waals surface area (Å²) in [5.41, 5.74) is 0.692. The summed E-state index contributed by atoms with van der Waals surface area (Å²) in [4.78, 5) is 22.7. The third kappa shape index (κ3) is 4.96. The average Bonchev–Trinajstić information content (AvgIpc) is 2.46. The van der Waals surface area contributed by atoms with Crippen molar-refractivity contribution in [3.63, 3.8) is 0 Å². The van der Waals surface area contributed by atoms with Crippen molar-refractivity contribution in [2.45, 2.75) is 6.17 Å². The third-order valence-electron chi connectivity index (χ3n) is 2.30. The lowest BCUT2D eigenvalue weighted by Gasteiger charge is -2.20. The number of methoxy groups -OCH3 is 1. The second-order valence-corrected chi connectivity index (χ2v) is 4.14. The molecule has 0 fully saturated rings. The zero-order valence-electron chi connectivity index (χ0n) is 10.3. The molecule has 0 aliphatic carbocycles. The van der Waals surface area contributed by atoms with Crippen molar-refractivity contribution < 1.29 is 14.3 Å². The molecular formula is C12H14Cl2N2O3. The number of hydrogen-bond donors (Lipinski definition) is 2. The van der Waals surface area contributed by atoms with E-state index in [1.807, 2.05) is 0 Å². The number of carbonyl (C=O) groups excluding carboxylic acids is 2. The first kappa shape index (κ1) is 15.6. The predicted octanol–water partition coefficient (Wildman–Crippen LogP) is 1.40. The lowest BCUT2D eigenvalue weighted by molar-refractivity contribution is -0.122. The van der Waals surface area contributed by atoms with Crippen LogP contribution in [0.3, 0.4) is 0 Å². The Morgan fingerprint density at radius 3 is 1.95 bits per heavy atom.